The summed E-state index contributed by atoms with van der Waals surface area (Å²) in [7, 11) is 1.90. The lowest BCUT2D eigenvalue weighted by Gasteiger charge is -2.00. The van der Waals surface area contributed by atoms with E-state index in [1.54, 1.807) is 0 Å². The smallest absolute Gasteiger partial charge is 0.0858 e. The highest BCUT2D eigenvalue weighted by atomic mass is 15.1. The third-order valence-electron chi connectivity index (χ3n) is 3.19. The van der Waals surface area contributed by atoms with Crippen LogP contribution < -0.4 is 5.32 Å². The fourth-order valence-corrected chi connectivity index (χ4v) is 1.92. The molecule has 2 aromatic rings. The molecule has 20 heavy (non-hydrogen) atoms. The van der Waals surface area contributed by atoms with Gasteiger partial charge in [0.2, 0.25) is 0 Å². The molecular weight excluding hydrogens is 246 g/mol. The van der Waals surface area contributed by atoms with Crippen molar-refractivity contribution in [1.82, 2.24) is 0 Å². The lowest BCUT2D eigenvalue weighted by Crippen LogP contribution is -1.85. The zero-order valence-corrected chi connectivity index (χ0v) is 12.1. The van der Waals surface area contributed by atoms with E-state index in [4.69, 9.17) is 0 Å². The normalized spacial score (nSPS) is 10.9. The molecule has 0 saturated heterocycles. The van der Waals surface area contributed by atoms with Crippen molar-refractivity contribution in [2.75, 3.05) is 12.4 Å². The molecule has 0 spiro atoms. The maximum Gasteiger partial charge on any atom is 0.0858 e. The topological polar surface area (TPSA) is 36.8 Å². The van der Waals surface area contributed by atoms with Crippen molar-refractivity contribution in [2.45, 2.75) is 26.2 Å². The van der Waals surface area contributed by atoms with Crippen LogP contribution in [0.2, 0.25) is 0 Å². The van der Waals surface area contributed by atoms with Gasteiger partial charge in [0, 0.05) is 12.7 Å². The van der Waals surface area contributed by atoms with Gasteiger partial charge in [0.25, 0.3) is 0 Å². The largest absolute Gasteiger partial charge is 0.388 e. The number of azo groups is 1. The van der Waals surface area contributed by atoms with Crippen LogP contribution in [0.5, 0.6) is 0 Å². The molecule has 0 bridgehead atoms. The van der Waals surface area contributed by atoms with Gasteiger partial charge < -0.3 is 5.32 Å². The Labute approximate surface area is 120 Å². The van der Waals surface area contributed by atoms with Gasteiger partial charge in [0.1, 0.15) is 0 Å². The Balaban J connectivity index is 1.99. The monoisotopic (exact) mass is 267 g/mol. The molecule has 0 unspecified atom stereocenters. The Morgan fingerprint density at radius 2 is 1.40 bits per heavy atom. The number of benzene rings is 2. The molecule has 0 aromatic heterocycles. The van der Waals surface area contributed by atoms with Crippen molar-refractivity contribution >= 4 is 17.1 Å². The lowest BCUT2D eigenvalue weighted by molar-refractivity contribution is 0.795. The number of nitrogens with one attached hydrogen (secondary N) is 1. The van der Waals surface area contributed by atoms with E-state index < -0.39 is 0 Å². The van der Waals surface area contributed by atoms with Gasteiger partial charge in [-0.05, 0) is 54.8 Å². The molecule has 0 aliphatic rings. The van der Waals surface area contributed by atoms with Crippen LogP contribution in [0, 0.1) is 0 Å². The van der Waals surface area contributed by atoms with Crippen LogP contribution in [0.1, 0.15) is 25.3 Å². The van der Waals surface area contributed by atoms with Gasteiger partial charge in [-0.3, -0.25) is 0 Å². The number of aryl methyl sites for hydroxylation is 1. The first-order valence-corrected chi connectivity index (χ1v) is 7.10. The zero-order chi connectivity index (χ0) is 14.2. The van der Waals surface area contributed by atoms with E-state index in [0.29, 0.717) is 0 Å². The Kier molecular flexibility index (Phi) is 5.30. The molecule has 2 aromatic carbocycles. The van der Waals surface area contributed by atoms with Crippen molar-refractivity contribution in [3.63, 3.8) is 0 Å². The summed E-state index contributed by atoms with van der Waals surface area (Å²) in [6.07, 6.45) is 3.60. The maximum atomic E-state index is 4.26. The minimum absolute atomic E-state index is 0.860. The second-order valence-electron chi connectivity index (χ2n) is 4.77. The summed E-state index contributed by atoms with van der Waals surface area (Å²) in [5.41, 5.74) is 4.19. The van der Waals surface area contributed by atoms with Gasteiger partial charge in [-0.15, -0.1) is 0 Å². The summed E-state index contributed by atoms with van der Waals surface area (Å²) in [4.78, 5) is 0. The fraction of sp³-hybridized carbons (Fsp3) is 0.294. The Bertz CT molecular complexity index is 541. The van der Waals surface area contributed by atoms with Crippen LogP contribution in [-0.4, -0.2) is 7.05 Å². The number of nitrogens with zero attached hydrogens (tertiary/aromatic N) is 2. The van der Waals surface area contributed by atoms with E-state index in [9.17, 15) is 0 Å². The highest BCUT2D eigenvalue weighted by Gasteiger charge is 1.94. The van der Waals surface area contributed by atoms with Crippen LogP contribution in [0.4, 0.5) is 17.1 Å². The lowest BCUT2D eigenvalue weighted by atomic mass is 10.1. The summed E-state index contributed by atoms with van der Waals surface area (Å²) in [6.45, 7) is 2.21. The quantitative estimate of drug-likeness (QED) is 0.691. The molecule has 1 N–H and O–H groups in total. The van der Waals surface area contributed by atoms with Crippen LogP contribution in [0.3, 0.4) is 0 Å². The van der Waals surface area contributed by atoms with Crippen molar-refractivity contribution in [2.24, 2.45) is 10.2 Å². The van der Waals surface area contributed by atoms with Crippen molar-refractivity contribution in [1.29, 1.82) is 0 Å². The van der Waals surface area contributed by atoms with E-state index in [1.165, 1.54) is 18.4 Å². The van der Waals surface area contributed by atoms with E-state index >= 15 is 0 Å². The van der Waals surface area contributed by atoms with E-state index in [2.05, 4.69) is 34.6 Å². The number of anilines is 1. The molecule has 104 valence electrons. The second kappa shape index (κ2) is 7.43. The van der Waals surface area contributed by atoms with E-state index in [1.807, 2.05) is 43.4 Å². The predicted octanol–water partition coefficient (Wildman–Crippen LogP) is 5.49. The van der Waals surface area contributed by atoms with Crippen LogP contribution >= 0.6 is 0 Å². The Morgan fingerprint density at radius 1 is 0.850 bits per heavy atom. The molecule has 0 fully saturated rings. The van der Waals surface area contributed by atoms with E-state index in [0.717, 1.165) is 23.5 Å². The molecule has 0 aliphatic heterocycles. The number of rotatable bonds is 6. The molecule has 3 heteroatoms. The van der Waals surface area contributed by atoms with Gasteiger partial charge in [-0.25, -0.2) is 0 Å². The standard InChI is InChI=1S/C17H21N3/c1-3-4-5-14-6-8-16(9-7-14)19-20-17-12-10-15(18-2)11-13-17/h6-13,18H,3-5H2,1-2H3. The average molecular weight is 267 g/mol. The molecule has 3 nitrogen and oxygen atoms in total. The van der Waals surface area contributed by atoms with Gasteiger partial charge in [0.05, 0.1) is 11.4 Å². The minimum atomic E-state index is 0.860. The first kappa shape index (κ1) is 14.3. The maximum absolute atomic E-state index is 4.26. The van der Waals surface area contributed by atoms with Crippen molar-refractivity contribution in [3.05, 3.63) is 54.1 Å². The summed E-state index contributed by atoms with van der Waals surface area (Å²) < 4.78 is 0. The molecule has 0 amide bonds. The summed E-state index contributed by atoms with van der Waals surface area (Å²) in [6, 6.07) is 16.2. The molecule has 0 aliphatic carbocycles. The zero-order valence-electron chi connectivity index (χ0n) is 12.1. The summed E-state index contributed by atoms with van der Waals surface area (Å²) >= 11 is 0. The number of hydrogen-bond donors (Lipinski definition) is 1. The molecule has 0 heterocycles. The number of unbranched alkanes of at least 4 members (excludes halogenated alkanes) is 1. The Hall–Kier alpha value is -2.16. The van der Waals surface area contributed by atoms with Gasteiger partial charge in [0.15, 0.2) is 0 Å². The third kappa shape index (κ3) is 4.19. The first-order chi connectivity index (χ1) is 9.81. The molecular formula is C17H21N3. The van der Waals surface area contributed by atoms with Crippen LogP contribution in [0.15, 0.2) is 58.8 Å². The van der Waals surface area contributed by atoms with Crippen molar-refractivity contribution in [3.8, 4) is 0 Å². The van der Waals surface area contributed by atoms with Crippen LogP contribution in [-0.2, 0) is 6.42 Å². The highest BCUT2D eigenvalue weighted by Crippen LogP contribution is 2.20. The summed E-state index contributed by atoms with van der Waals surface area (Å²) in [5, 5.41) is 11.6. The molecule has 0 radical (unpaired) electrons. The van der Waals surface area contributed by atoms with Gasteiger partial charge in [-0.1, -0.05) is 25.5 Å². The minimum Gasteiger partial charge on any atom is -0.388 e. The second-order valence-corrected chi connectivity index (χ2v) is 4.77. The highest BCUT2D eigenvalue weighted by molar-refractivity contribution is 5.50. The van der Waals surface area contributed by atoms with Crippen LogP contribution in [0.25, 0.3) is 0 Å². The third-order valence-corrected chi connectivity index (χ3v) is 3.19. The van der Waals surface area contributed by atoms with Gasteiger partial charge >= 0.3 is 0 Å². The van der Waals surface area contributed by atoms with Crippen molar-refractivity contribution < 1.29 is 0 Å². The Morgan fingerprint density at radius 3 is 1.90 bits per heavy atom. The van der Waals surface area contributed by atoms with E-state index in [-0.39, 0.29) is 0 Å². The first-order valence-electron chi connectivity index (χ1n) is 7.10. The van der Waals surface area contributed by atoms with Gasteiger partial charge in [-0.2, -0.15) is 10.2 Å². The predicted molar refractivity (Wildman–Crippen MR) is 85.2 cm³/mol. The molecule has 0 atom stereocenters. The number of hydrogen-bond acceptors (Lipinski definition) is 3. The fourth-order valence-electron chi connectivity index (χ4n) is 1.92. The average Bonchev–Trinajstić information content (AvgIpc) is 2.52. The SMILES string of the molecule is CCCCc1ccc(N=Nc2ccc(NC)cc2)cc1. The summed E-state index contributed by atoms with van der Waals surface area (Å²) in [5.74, 6) is 0. The molecule has 0 saturated carbocycles. The molecule has 2 rings (SSSR count).